The molecule has 0 unspecified atom stereocenters. The van der Waals surface area contributed by atoms with Crippen molar-refractivity contribution >= 4 is 17.3 Å². The van der Waals surface area contributed by atoms with E-state index in [4.69, 9.17) is 5.73 Å². The maximum absolute atomic E-state index is 13.6. The van der Waals surface area contributed by atoms with Gasteiger partial charge in [0.2, 0.25) is 0 Å². The number of aryl methyl sites for hydroxylation is 2. The Kier molecular flexibility index (Phi) is 3.69. The number of amides is 1. The average Bonchev–Trinajstić information content (AvgIpc) is 2.80. The van der Waals surface area contributed by atoms with Crippen molar-refractivity contribution in [2.75, 3.05) is 11.1 Å². The van der Waals surface area contributed by atoms with Crippen LogP contribution in [0, 0.1) is 11.6 Å². The zero-order valence-electron chi connectivity index (χ0n) is 11.1. The van der Waals surface area contributed by atoms with Gasteiger partial charge in [-0.1, -0.05) is 6.92 Å². The van der Waals surface area contributed by atoms with Crippen molar-refractivity contribution in [1.29, 1.82) is 0 Å². The Hall–Kier alpha value is -2.44. The first-order valence-electron chi connectivity index (χ1n) is 6.01. The highest BCUT2D eigenvalue weighted by Gasteiger charge is 2.18. The predicted octanol–water partition coefficient (Wildman–Crippen LogP) is 2.10. The molecule has 0 atom stereocenters. The van der Waals surface area contributed by atoms with Gasteiger partial charge in [0, 0.05) is 7.05 Å². The summed E-state index contributed by atoms with van der Waals surface area (Å²) in [6.07, 6.45) is 0.664. The topological polar surface area (TPSA) is 72.9 Å². The number of nitrogen functional groups attached to an aromatic ring is 1. The second-order valence-electron chi connectivity index (χ2n) is 4.28. The van der Waals surface area contributed by atoms with E-state index in [9.17, 15) is 13.6 Å². The monoisotopic (exact) mass is 280 g/mol. The highest BCUT2D eigenvalue weighted by Crippen LogP contribution is 2.25. The molecule has 0 bridgehead atoms. The molecule has 0 aliphatic carbocycles. The fourth-order valence-electron chi connectivity index (χ4n) is 1.78. The second-order valence-corrected chi connectivity index (χ2v) is 4.28. The molecule has 2 rings (SSSR count). The molecule has 1 amide bonds. The Morgan fingerprint density at radius 1 is 1.45 bits per heavy atom. The maximum Gasteiger partial charge on any atom is 0.274 e. The van der Waals surface area contributed by atoms with Crippen molar-refractivity contribution < 1.29 is 13.6 Å². The van der Waals surface area contributed by atoms with Crippen LogP contribution in [0.1, 0.15) is 23.1 Å². The van der Waals surface area contributed by atoms with Crippen molar-refractivity contribution in [3.05, 3.63) is 41.2 Å². The normalized spacial score (nSPS) is 10.6. The highest BCUT2D eigenvalue weighted by atomic mass is 19.2. The number of hydrogen-bond donors (Lipinski definition) is 2. The fourth-order valence-corrected chi connectivity index (χ4v) is 1.78. The van der Waals surface area contributed by atoms with Gasteiger partial charge in [0.15, 0.2) is 11.6 Å². The highest BCUT2D eigenvalue weighted by molar-refractivity contribution is 6.04. The number of hydrogen-bond acceptors (Lipinski definition) is 3. The third-order valence-electron chi connectivity index (χ3n) is 2.89. The molecule has 106 valence electrons. The molecule has 1 aromatic carbocycles. The average molecular weight is 280 g/mol. The summed E-state index contributed by atoms with van der Waals surface area (Å²) in [5, 5.41) is 6.39. The predicted molar refractivity (Wildman–Crippen MR) is 71.3 cm³/mol. The maximum atomic E-state index is 13.6. The van der Waals surface area contributed by atoms with E-state index in [2.05, 4.69) is 10.4 Å². The van der Waals surface area contributed by atoms with Crippen LogP contribution in [0.5, 0.6) is 0 Å². The van der Waals surface area contributed by atoms with Crippen molar-refractivity contribution in [2.45, 2.75) is 13.3 Å². The van der Waals surface area contributed by atoms with Gasteiger partial charge < -0.3 is 11.1 Å². The Labute approximate surface area is 114 Å². The van der Waals surface area contributed by atoms with Gasteiger partial charge in [0.1, 0.15) is 11.4 Å². The van der Waals surface area contributed by atoms with Crippen LogP contribution in [0.4, 0.5) is 20.2 Å². The van der Waals surface area contributed by atoms with Gasteiger partial charge in [-0.25, -0.2) is 8.78 Å². The molecule has 5 nitrogen and oxygen atoms in total. The standard InChI is InChI=1S/C13H14F2N4O/c1-3-7-6-10(19(2)18-7)13(20)17-12-9(16)5-4-8(14)11(12)15/h4-6H,3,16H2,1-2H3,(H,17,20). The first-order chi connectivity index (χ1) is 9.43. The van der Waals surface area contributed by atoms with Gasteiger partial charge in [-0.15, -0.1) is 0 Å². The number of carbonyl (C=O) groups is 1. The van der Waals surface area contributed by atoms with Crippen LogP contribution in [0.2, 0.25) is 0 Å². The van der Waals surface area contributed by atoms with E-state index >= 15 is 0 Å². The van der Waals surface area contributed by atoms with Gasteiger partial charge >= 0.3 is 0 Å². The Morgan fingerprint density at radius 2 is 2.15 bits per heavy atom. The number of rotatable bonds is 3. The number of nitrogens with zero attached hydrogens (tertiary/aromatic N) is 2. The first kappa shape index (κ1) is 14.0. The molecule has 1 heterocycles. The molecule has 3 N–H and O–H groups in total. The number of benzene rings is 1. The second kappa shape index (κ2) is 5.28. The van der Waals surface area contributed by atoms with E-state index in [0.29, 0.717) is 6.42 Å². The van der Waals surface area contributed by atoms with Gasteiger partial charge in [0.25, 0.3) is 5.91 Å². The molecule has 20 heavy (non-hydrogen) atoms. The summed E-state index contributed by atoms with van der Waals surface area (Å²) in [7, 11) is 1.60. The zero-order valence-corrected chi connectivity index (χ0v) is 11.1. The summed E-state index contributed by atoms with van der Waals surface area (Å²) < 4.78 is 28.1. The summed E-state index contributed by atoms with van der Waals surface area (Å²) in [4.78, 5) is 12.1. The van der Waals surface area contributed by atoms with E-state index in [0.717, 1.165) is 11.8 Å². The SMILES string of the molecule is CCc1cc(C(=O)Nc2c(N)ccc(F)c2F)n(C)n1. The van der Waals surface area contributed by atoms with Gasteiger partial charge in [-0.05, 0) is 24.6 Å². The third kappa shape index (κ3) is 2.47. The first-order valence-corrected chi connectivity index (χ1v) is 6.01. The van der Waals surface area contributed by atoms with Crippen LogP contribution in [0.15, 0.2) is 18.2 Å². The third-order valence-corrected chi connectivity index (χ3v) is 2.89. The summed E-state index contributed by atoms with van der Waals surface area (Å²) in [5.41, 5.74) is 6.10. The molecular formula is C13H14F2N4O. The number of anilines is 2. The van der Waals surface area contributed by atoms with Crippen molar-refractivity contribution in [1.82, 2.24) is 9.78 Å². The molecule has 0 radical (unpaired) electrons. The molecule has 0 aliphatic heterocycles. The number of nitrogens with two attached hydrogens (primary N) is 1. The van der Waals surface area contributed by atoms with E-state index < -0.39 is 17.5 Å². The van der Waals surface area contributed by atoms with Crippen LogP contribution in [0.3, 0.4) is 0 Å². The number of aromatic nitrogens is 2. The number of carbonyl (C=O) groups excluding carboxylic acids is 1. The molecule has 0 fully saturated rings. The summed E-state index contributed by atoms with van der Waals surface area (Å²) in [5.74, 6) is -2.86. The van der Waals surface area contributed by atoms with E-state index in [1.165, 1.54) is 10.7 Å². The van der Waals surface area contributed by atoms with Crippen molar-refractivity contribution in [3.63, 3.8) is 0 Å². The summed E-state index contributed by atoms with van der Waals surface area (Å²) in [6.45, 7) is 1.90. The molecule has 1 aromatic heterocycles. The number of nitrogens with one attached hydrogen (secondary N) is 1. The Bertz CT molecular complexity index is 667. The Balaban J connectivity index is 2.32. The van der Waals surface area contributed by atoms with Crippen LogP contribution in [-0.2, 0) is 13.5 Å². The fraction of sp³-hybridized carbons (Fsp3) is 0.231. The molecule has 2 aromatic rings. The van der Waals surface area contributed by atoms with Gasteiger partial charge in [0.05, 0.1) is 11.4 Å². The lowest BCUT2D eigenvalue weighted by atomic mass is 10.2. The number of halogens is 2. The Morgan fingerprint density at radius 3 is 2.75 bits per heavy atom. The van der Waals surface area contributed by atoms with Crippen LogP contribution >= 0.6 is 0 Å². The van der Waals surface area contributed by atoms with Crippen LogP contribution in [-0.4, -0.2) is 15.7 Å². The summed E-state index contributed by atoms with van der Waals surface area (Å²) >= 11 is 0. The lowest BCUT2D eigenvalue weighted by molar-refractivity contribution is 0.101. The molecule has 0 saturated carbocycles. The summed E-state index contributed by atoms with van der Waals surface area (Å²) in [6, 6.07) is 3.68. The van der Waals surface area contributed by atoms with Crippen LogP contribution < -0.4 is 11.1 Å². The minimum atomic E-state index is -1.18. The minimum absolute atomic E-state index is 0.0462. The molecular weight excluding hydrogens is 266 g/mol. The van der Waals surface area contributed by atoms with Crippen molar-refractivity contribution in [2.24, 2.45) is 7.05 Å². The van der Waals surface area contributed by atoms with Gasteiger partial charge in [-0.2, -0.15) is 5.10 Å². The smallest absolute Gasteiger partial charge is 0.274 e. The molecule has 0 aliphatic rings. The van der Waals surface area contributed by atoms with E-state index in [1.807, 2.05) is 6.92 Å². The van der Waals surface area contributed by atoms with Gasteiger partial charge in [-0.3, -0.25) is 9.48 Å². The van der Waals surface area contributed by atoms with E-state index in [1.54, 1.807) is 13.1 Å². The molecule has 0 saturated heterocycles. The van der Waals surface area contributed by atoms with Crippen molar-refractivity contribution in [3.8, 4) is 0 Å². The lowest BCUT2D eigenvalue weighted by Gasteiger charge is -2.09. The minimum Gasteiger partial charge on any atom is -0.397 e. The van der Waals surface area contributed by atoms with E-state index in [-0.39, 0.29) is 17.1 Å². The zero-order chi connectivity index (χ0) is 14.9. The quantitative estimate of drug-likeness (QED) is 0.846. The molecule has 7 heteroatoms. The molecule has 0 spiro atoms. The lowest BCUT2D eigenvalue weighted by Crippen LogP contribution is -2.18. The van der Waals surface area contributed by atoms with Crippen LogP contribution in [0.25, 0.3) is 0 Å². The largest absolute Gasteiger partial charge is 0.397 e.